The topological polar surface area (TPSA) is 120 Å². The molecule has 10 heteroatoms. The van der Waals surface area contributed by atoms with E-state index in [1.807, 2.05) is 13.0 Å². The number of nitriles is 1. The molecule has 1 N–H and O–H groups in total. The van der Waals surface area contributed by atoms with E-state index in [-0.39, 0.29) is 22.7 Å². The Labute approximate surface area is 211 Å². The third-order valence-corrected chi connectivity index (χ3v) is 8.20. The lowest BCUT2D eigenvalue weighted by Crippen LogP contribution is -2.45. The first-order valence-electron chi connectivity index (χ1n) is 11.7. The number of thioether (sulfide) groups is 1. The van der Waals surface area contributed by atoms with Crippen LogP contribution in [0.1, 0.15) is 60.5 Å². The number of nitrogens with one attached hydrogen (secondary N) is 1. The molecule has 1 aliphatic heterocycles. The highest BCUT2D eigenvalue weighted by Crippen LogP contribution is 2.32. The minimum atomic E-state index is -4.23. The SMILES string of the molecule is CCCCC(=O)c1cc(C#N)c(N(C(=O)C2CCNCC2)S(=O)(=O)Cc2ccccc2)nc1SC. The summed E-state index contributed by atoms with van der Waals surface area (Å²) in [7, 11) is -4.23. The van der Waals surface area contributed by atoms with E-state index < -0.39 is 27.6 Å². The molecule has 1 aromatic heterocycles. The zero-order valence-electron chi connectivity index (χ0n) is 20.0. The van der Waals surface area contributed by atoms with Crippen molar-refractivity contribution >= 4 is 39.3 Å². The molecule has 0 atom stereocenters. The summed E-state index contributed by atoms with van der Waals surface area (Å²) in [5, 5.41) is 13.4. The largest absolute Gasteiger partial charge is 0.317 e. The number of sulfonamides is 1. The summed E-state index contributed by atoms with van der Waals surface area (Å²) in [6.45, 7) is 3.18. The van der Waals surface area contributed by atoms with Gasteiger partial charge in [0.25, 0.3) is 0 Å². The number of unbranched alkanes of at least 4 members (excludes halogenated alkanes) is 1. The second-order valence-corrected chi connectivity index (χ2v) is 11.0. The summed E-state index contributed by atoms with van der Waals surface area (Å²) in [6, 6.07) is 11.9. The molecule has 3 rings (SSSR count). The third-order valence-electron chi connectivity index (χ3n) is 5.89. The maximum atomic E-state index is 13.7. The fourth-order valence-corrected chi connectivity index (χ4v) is 6.15. The van der Waals surface area contributed by atoms with Crippen molar-refractivity contribution in [1.29, 1.82) is 5.26 Å². The normalized spacial score (nSPS) is 14.3. The summed E-state index contributed by atoms with van der Waals surface area (Å²) in [4.78, 5) is 30.9. The van der Waals surface area contributed by atoms with E-state index in [2.05, 4.69) is 10.3 Å². The van der Waals surface area contributed by atoms with Crippen molar-refractivity contribution < 1.29 is 18.0 Å². The number of anilines is 1. The fourth-order valence-electron chi connectivity index (χ4n) is 4.01. The highest BCUT2D eigenvalue weighted by atomic mass is 32.2. The molecule has 1 fully saturated rings. The molecule has 1 aromatic carbocycles. The van der Waals surface area contributed by atoms with Crippen molar-refractivity contribution in [3.63, 3.8) is 0 Å². The minimum absolute atomic E-state index is 0.110. The first kappa shape index (κ1) is 26.9. The van der Waals surface area contributed by atoms with Crippen molar-refractivity contribution in [2.24, 2.45) is 5.92 Å². The van der Waals surface area contributed by atoms with E-state index in [9.17, 15) is 23.3 Å². The number of rotatable bonds is 10. The van der Waals surface area contributed by atoms with Crippen LogP contribution in [0.4, 0.5) is 5.82 Å². The van der Waals surface area contributed by atoms with Crippen LogP contribution in [0.2, 0.25) is 0 Å². The van der Waals surface area contributed by atoms with Gasteiger partial charge in [-0.1, -0.05) is 43.7 Å². The lowest BCUT2D eigenvalue weighted by atomic mass is 9.97. The van der Waals surface area contributed by atoms with Gasteiger partial charge in [0, 0.05) is 12.3 Å². The van der Waals surface area contributed by atoms with E-state index in [1.165, 1.54) is 17.8 Å². The van der Waals surface area contributed by atoms with Gasteiger partial charge in [0.05, 0.1) is 16.9 Å². The number of pyridine rings is 1. The molecule has 0 unspecified atom stereocenters. The van der Waals surface area contributed by atoms with Crippen LogP contribution < -0.4 is 9.62 Å². The lowest BCUT2D eigenvalue weighted by Gasteiger charge is -2.29. The number of ketones is 1. The summed E-state index contributed by atoms with van der Waals surface area (Å²) in [6.07, 6.45) is 4.55. The molecular formula is C25H30N4O4S2. The number of hydrogen-bond acceptors (Lipinski definition) is 8. The molecule has 0 radical (unpaired) electrons. The molecule has 1 aliphatic rings. The van der Waals surface area contributed by atoms with Crippen LogP contribution in [0.25, 0.3) is 0 Å². The smallest absolute Gasteiger partial charge is 0.247 e. The molecule has 2 heterocycles. The van der Waals surface area contributed by atoms with Crippen LogP contribution in [0.3, 0.4) is 0 Å². The monoisotopic (exact) mass is 514 g/mol. The van der Waals surface area contributed by atoms with Crippen LogP contribution in [0.15, 0.2) is 41.4 Å². The summed E-state index contributed by atoms with van der Waals surface area (Å²) in [5.74, 6) is -1.91. The number of hydrogen-bond donors (Lipinski definition) is 1. The quantitative estimate of drug-likeness (QED) is 0.374. The molecule has 8 nitrogen and oxygen atoms in total. The molecular weight excluding hydrogens is 484 g/mol. The number of Topliss-reactive ketones (excluding diaryl/α,β-unsaturated/α-hetero) is 1. The number of piperidine rings is 1. The number of carbonyl (C=O) groups excluding carboxylic acids is 2. The lowest BCUT2D eigenvalue weighted by molar-refractivity contribution is -0.121. The standard InChI is InChI=1S/C25H30N4O4S2/c1-3-4-10-22(30)21-15-20(16-26)23(28-24(21)34-2)29(25(31)19-11-13-27-14-12-19)35(32,33)17-18-8-6-5-7-9-18/h5-9,15,19,27H,3-4,10-14,17H2,1-2H3. The number of benzene rings is 1. The van der Waals surface area contributed by atoms with Crippen LogP contribution in [-0.2, 0) is 20.6 Å². The average Bonchev–Trinajstić information content (AvgIpc) is 2.87. The predicted molar refractivity (Wildman–Crippen MR) is 137 cm³/mol. The van der Waals surface area contributed by atoms with Crippen molar-refractivity contribution in [3.05, 3.63) is 53.1 Å². The second-order valence-electron chi connectivity index (χ2n) is 8.42. The molecule has 186 valence electrons. The van der Waals surface area contributed by atoms with Crippen molar-refractivity contribution in [2.45, 2.75) is 49.8 Å². The summed E-state index contributed by atoms with van der Waals surface area (Å²) in [5.41, 5.74) is 0.688. The molecule has 1 saturated heterocycles. The average molecular weight is 515 g/mol. The van der Waals surface area contributed by atoms with E-state index in [0.717, 1.165) is 6.42 Å². The van der Waals surface area contributed by atoms with Gasteiger partial charge in [-0.15, -0.1) is 11.8 Å². The van der Waals surface area contributed by atoms with E-state index in [1.54, 1.807) is 36.6 Å². The minimum Gasteiger partial charge on any atom is -0.317 e. The van der Waals surface area contributed by atoms with Gasteiger partial charge in [-0.2, -0.15) is 9.57 Å². The van der Waals surface area contributed by atoms with Crippen LogP contribution in [0, 0.1) is 17.2 Å². The Kier molecular flexibility index (Phi) is 9.43. The van der Waals surface area contributed by atoms with E-state index in [4.69, 9.17) is 0 Å². The second kappa shape index (κ2) is 12.3. The molecule has 1 amide bonds. The number of nitrogens with zero attached hydrogens (tertiary/aromatic N) is 3. The zero-order valence-corrected chi connectivity index (χ0v) is 21.6. The predicted octanol–water partition coefficient (Wildman–Crippen LogP) is 3.91. The Balaban J connectivity index is 2.14. The van der Waals surface area contributed by atoms with Crippen LogP contribution >= 0.6 is 11.8 Å². The van der Waals surface area contributed by atoms with Crippen molar-refractivity contribution in [1.82, 2.24) is 10.3 Å². The number of aromatic nitrogens is 1. The molecule has 35 heavy (non-hydrogen) atoms. The Morgan fingerprint density at radius 2 is 1.91 bits per heavy atom. The van der Waals surface area contributed by atoms with Crippen molar-refractivity contribution in [2.75, 3.05) is 23.7 Å². The zero-order chi connectivity index (χ0) is 25.4. The Bertz CT molecular complexity index is 1200. The Morgan fingerprint density at radius 1 is 1.23 bits per heavy atom. The van der Waals surface area contributed by atoms with Crippen molar-refractivity contribution in [3.8, 4) is 6.07 Å². The highest BCUT2D eigenvalue weighted by Gasteiger charge is 2.38. The molecule has 0 saturated carbocycles. The highest BCUT2D eigenvalue weighted by molar-refractivity contribution is 7.98. The van der Waals surface area contributed by atoms with Gasteiger partial charge < -0.3 is 5.32 Å². The molecule has 0 bridgehead atoms. The van der Waals surface area contributed by atoms with Crippen LogP contribution in [0.5, 0.6) is 0 Å². The maximum absolute atomic E-state index is 13.7. The number of amides is 1. The van der Waals surface area contributed by atoms with E-state index in [0.29, 0.717) is 53.7 Å². The van der Waals surface area contributed by atoms with Gasteiger partial charge in [0.2, 0.25) is 15.9 Å². The van der Waals surface area contributed by atoms with Gasteiger partial charge >= 0.3 is 0 Å². The Morgan fingerprint density at radius 3 is 2.51 bits per heavy atom. The fraction of sp³-hybridized carbons (Fsp3) is 0.440. The van der Waals surface area contributed by atoms with Gasteiger partial charge in [-0.3, -0.25) is 9.59 Å². The van der Waals surface area contributed by atoms with Crippen LogP contribution in [-0.4, -0.2) is 44.4 Å². The summed E-state index contributed by atoms with van der Waals surface area (Å²) < 4.78 is 28.1. The van der Waals surface area contributed by atoms with Gasteiger partial charge in [-0.25, -0.2) is 13.4 Å². The first-order valence-corrected chi connectivity index (χ1v) is 14.5. The number of carbonyl (C=O) groups is 2. The van der Waals surface area contributed by atoms with Gasteiger partial charge in [-0.05, 0) is 50.2 Å². The first-order chi connectivity index (χ1) is 16.8. The van der Waals surface area contributed by atoms with Gasteiger partial charge in [0.15, 0.2) is 11.6 Å². The maximum Gasteiger partial charge on any atom is 0.247 e. The summed E-state index contributed by atoms with van der Waals surface area (Å²) >= 11 is 1.19. The third kappa shape index (κ3) is 6.48. The molecule has 2 aromatic rings. The van der Waals surface area contributed by atoms with Gasteiger partial charge in [0.1, 0.15) is 11.1 Å². The Hall–Kier alpha value is -2.74. The molecule has 0 aliphatic carbocycles. The molecule has 0 spiro atoms. The van der Waals surface area contributed by atoms with E-state index >= 15 is 0 Å².